The van der Waals surface area contributed by atoms with Crippen molar-refractivity contribution in [3.8, 4) is 0 Å². The number of aromatic nitrogens is 2. The van der Waals surface area contributed by atoms with E-state index < -0.39 is 0 Å². The molecule has 110 valence electrons. The fourth-order valence-corrected chi connectivity index (χ4v) is 3.10. The Labute approximate surface area is 124 Å². The second kappa shape index (κ2) is 5.31. The Kier molecular flexibility index (Phi) is 3.49. The summed E-state index contributed by atoms with van der Waals surface area (Å²) in [7, 11) is 0. The zero-order valence-corrected chi connectivity index (χ0v) is 12.4. The maximum absolute atomic E-state index is 11.6. The van der Waals surface area contributed by atoms with Gasteiger partial charge in [0.1, 0.15) is 0 Å². The Morgan fingerprint density at radius 3 is 2.43 bits per heavy atom. The van der Waals surface area contributed by atoms with Gasteiger partial charge in [-0.05, 0) is 18.4 Å². The van der Waals surface area contributed by atoms with Crippen LogP contribution in [0.5, 0.6) is 0 Å². The SMILES string of the molecule is CC(=O)N1CCC(c2ccccc2)(c2noc(C)n2)CC1. The van der Waals surface area contributed by atoms with E-state index in [0.717, 1.165) is 31.8 Å². The van der Waals surface area contributed by atoms with Crippen LogP contribution in [0.3, 0.4) is 0 Å². The van der Waals surface area contributed by atoms with Gasteiger partial charge in [-0.1, -0.05) is 35.5 Å². The van der Waals surface area contributed by atoms with Gasteiger partial charge in [-0.2, -0.15) is 4.98 Å². The van der Waals surface area contributed by atoms with E-state index in [4.69, 9.17) is 4.52 Å². The molecule has 2 aromatic rings. The molecule has 0 N–H and O–H groups in total. The minimum absolute atomic E-state index is 0.126. The minimum Gasteiger partial charge on any atom is -0.343 e. The summed E-state index contributed by atoms with van der Waals surface area (Å²) in [6, 6.07) is 10.3. The number of carbonyl (C=O) groups excluding carboxylic acids is 1. The normalized spacial score (nSPS) is 17.7. The first-order chi connectivity index (χ1) is 10.1. The number of amides is 1. The lowest BCUT2D eigenvalue weighted by Gasteiger charge is -2.39. The molecule has 5 nitrogen and oxygen atoms in total. The molecule has 0 saturated carbocycles. The number of nitrogens with zero attached hydrogens (tertiary/aromatic N) is 3. The van der Waals surface area contributed by atoms with Crippen molar-refractivity contribution in [3.05, 3.63) is 47.6 Å². The monoisotopic (exact) mass is 285 g/mol. The van der Waals surface area contributed by atoms with E-state index in [0.29, 0.717) is 5.89 Å². The Bertz CT molecular complexity index is 628. The van der Waals surface area contributed by atoms with Gasteiger partial charge in [0.25, 0.3) is 0 Å². The molecule has 0 aliphatic carbocycles. The average molecular weight is 285 g/mol. The number of benzene rings is 1. The summed E-state index contributed by atoms with van der Waals surface area (Å²) in [6.45, 7) is 4.86. The van der Waals surface area contributed by atoms with Gasteiger partial charge in [0.15, 0.2) is 5.82 Å². The first-order valence-electron chi connectivity index (χ1n) is 7.24. The van der Waals surface area contributed by atoms with Crippen molar-refractivity contribution < 1.29 is 9.32 Å². The number of hydrogen-bond donors (Lipinski definition) is 0. The first-order valence-corrected chi connectivity index (χ1v) is 7.24. The number of carbonyl (C=O) groups is 1. The maximum Gasteiger partial charge on any atom is 0.223 e. The lowest BCUT2D eigenvalue weighted by atomic mass is 9.72. The molecule has 1 aromatic heterocycles. The summed E-state index contributed by atoms with van der Waals surface area (Å²) in [5.41, 5.74) is 0.930. The van der Waals surface area contributed by atoms with E-state index in [2.05, 4.69) is 22.3 Å². The van der Waals surface area contributed by atoms with E-state index in [1.807, 2.05) is 23.1 Å². The van der Waals surface area contributed by atoms with Crippen LogP contribution in [-0.4, -0.2) is 34.0 Å². The Hall–Kier alpha value is -2.17. The Morgan fingerprint density at radius 2 is 1.90 bits per heavy atom. The zero-order valence-electron chi connectivity index (χ0n) is 12.4. The highest BCUT2D eigenvalue weighted by atomic mass is 16.5. The Morgan fingerprint density at radius 1 is 1.24 bits per heavy atom. The van der Waals surface area contributed by atoms with Gasteiger partial charge in [0.05, 0.1) is 5.41 Å². The van der Waals surface area contributed by atoms with Crippen molar-refractivity contribution in [3.63, 3.8) is 0 Å². The third kappa shape index (κ3) is 2.44. The average Bonchev–Trinajstić information content (AvgIpc) is 2.95. The summed E-state index contributed by atoms with van der Waals surface area (Å²) >= 11 is 0. The molecular formula is C16H19N3O2. The van der Waals surface area contributed by atoms with Crippen molar-refractivity contribution in [1.82, 2.24) is 15.0 Å². The standard InChI is InChI=1S/C16H19N3O2/c1-12-17-15(18-21-12)16(14-6-4-3-5-7-14)8-10-19(11-9-16)13(2)20/h3-7H,8-11H2,1-2H3. The largest absolute Gasteiger partial charge is 0.343 e. The van der Waals surface area contributed by atoms with E-state index in [1.54, 1.807) is 13.8 Å². The molecule has 1 aliphatic heterocycles. The van der Waals surface area contributed by atoms with E-state index in [1.165, 1.54) is 5.56 Å². The van der Waals surface area contributed by atoms with Gasteiger partial charge in [0, 0.05) is 26.9 Å². The summed E-state index contributed by atoms with van der Waals surface area (Å²) in [5.74, 6) is 1.43. The van der Waals surface area contributed by atoms with Gasteiger partial charge in [-0.3, -0.25) is 4.79 Å². The van der Waals surface area contributed by atoms with Crippen molar-refractivity contribution in [1.29, 1.82) is 0 Å². The predicted molar refractivity (Wildman–Crippen MR) is 77.7 cm³/mol. The van der Waals surface area contributed by atoms with Crippen LogP contribution in [0.25, 0.3) is 0 Å². The molecule has 0 unspecified atom stereocenters. The molecule has 1 fully saturated rings. The van der Waals surface area contributed by atoms with Crippen LogP contribution < -0.4 is 0 Å². The number of likely N-dealkylation sites (tertiary alicyclic amines) is 1. The van der Waals surface area contributed by atoms with Crippen LogP contribution in [0, 0.1) is 6.92 Å². The second-order valence-corrected chi connectivity index (χ2v) is 5.59. The van der Waals surface area contributed by atoms with Gasteiger partial charge in [0.2, 0.25) is 11.8 Å². The van der Waals surface area contributed by atoms with Gasteiger partial charge < -0.3 is 9.42 Å². The summed E-state index contributed by atoms with van der Waals surface area (Å²) in [4.78, 5) is 17.9. The molecule has 2 heterocycles. The van der Waals surface area contributed by atoms with E-state index >= 15 is 0 Å². The van der Waals surface area contributed by atoms with E-state index in [-0.39, 0.29) is 11.3 Å². The minimum atomic E-state index is -0.259. The van der Waals surface area contributed by atoms with Crippen LogP contribution in [0.15, 0.2) is 34.9 Å². The molecule has 0 atom stereocenters. The van der Waals surface area contributed by atoms with Crippen LogP contribution in [0.4, 0.5) is 0 Å². The molecule has 0 spiro atoms. The van der Waals surface area contributed by atoms with Gasteiger partial charge >= 0.3 is 0 Å². The van der Waals surface area contributed by atoms with Crippen LogP contribution in [-0.2, 0) is 10.2 Å². The molecule has 3 rings (SSSR count). The molecule has 0 bridgehead atoms. The molecule has 1 aliphatic rings. The number of piperidine rings is 1. The molecule has 1 aromatic carbocycles. The van der Waals surface area contributed by atoms with E-state index in [9.17, 15) is 4.79 Å². The fourth-order valence-electron chi connectivity index (χ4n) is 3.10. The molecule has 0 radical (unpaired) electrons. The van der Waals surface area contributed by atoms with Crippen LogP contribution in [0.1, 0.15) is 37.0 Å². The molecule has 21 heavy (non-hydrogen) atoms. The molecule has 5 heteroatoms. The van der Waals surface area contributed by atoms with Crippen molar-refractivity contribution in [2.75, 3.05) is 13.1 Å². The first kappa shape index (κ1) is 13.8. The predicted octanol–water partition coefficient (Wildman–Crippen LogP) is 2.31. The fraction of sp³-hybridized carbons (Fsp3) is 0.438. The van der Waals surface area contributed by atoms with Crippen molar-refractivity contribution >= 4 is 5.91 Å². The third-order valence-corrected chi connectivity index (χ3v) is 4.34. The summed E-state index contributed by atoms with van der Waals surface area (Å²) in [5, 5.41) is 4.17. The highest BCUT2D eigenvalue weighted by molar-refractivity contribution is 5.73. The second-order valence-electron chi connectivity index (χ2n) is 5.59. The highest BCUT2D eigenvalue weighted by Gasteiger charge is 2.42. The summed E-state index contributed by atoms with van der Waals surface area (Å²) < 4.78 is 5.20. The number of aryl methyl sites for hydroxylation is 1. The van der Waals surface area contributed by atoms with Crippen molar-refractivity contribution in [2.24, 2.45) is 0 Å². The Balaban J connectivity index is 1.99. The molecule has 1 amide bonds. The lowest BCUT2D eigenvalue weighted by molar-refractivity contribution is -0.130. The highest BCUT2D eigenvalue weighted by Crippen LogP contribution is 2.40. The maximum atomic E-state index is 11.6. The van der Waals surface area contributed by atoms with Crippen LogP contribution in [0.2, 0.25) is 0 Å². The zero-order chi connectivity index (χ0) is 14.9. The number of hydrogen-bond acceptors (Lipinski definition) is 4. The van der Waals surface area contributed by atoms with Crippen molar-refractivity contribution in [2.45, 2.75) is 32.1 Å². The third-order valence-electron chi connectivity index (χ3n) is 4.34. The van der Waals surface area contributed by atoms with Crippen LogP contribution >= 0.6 is 0 Å². The van der Waals surface area contributed by atoms with Gasteiger partial charge in [-0.25, -0.2) is 0 Å². The van der Waals surface area contributed by atoms with Gasteiger partial charge in [-0.15, -0.1) is 0 Å². The summed E-state index contributed by atoms with van der Waals surface area (Å²) in [6.07, 6.45) is 1.63. The quantitative estimate of drug-likeness (QED) is 0.849. The number of rotatable bonds is 2. The topological polar surface area (TPSA) is 59.2 Å². The lowest BCUT2D eigenvalue weighted by Crippen LogP contribution is -2.45. The molecule has 1 saturated heterocycles. The molecular weight excluding hydrogens is 266 g/mol. The smallest absolute Gasteiger partial charge is 0.223 e.